The molecule has 104 valence electrons. The van der Waals surface area contributed by atoms with Gasteiger partial charge in [0, 0.05) is 29.5 Å². The lowest BCUT2D eigenvalue weighted by molar-refractivity contribution is 0.457. The van der Waals surface area contributed by atoms with Crippen LogP contribution < -0.4 is 5.32 Å². The van der Waals surface area contributed by atoms with E-state index in [1.807, 2.05) is 12.4 Å². The molecule has 1 aliphatic rings. The zero-order valence-corrected chi connectivity index (χ0v) is 13.3. The minimum Gasteiger partial charge on any atom is -0.310 e. The average Bonchev–Trinajstić information content (AvgIpc) is 2.46. The lowest BCUT2D eigenvalue weighted by Crippen LogP contribution is -2.34. The van der Waals surface area contributed by atoms with Crippen LogP contribution in [0, 0.1) is 6.92 Å². The van der Waals surface area contributed by atoms with Crippen LogP contribution in [-0.2, 0) is 19.4 Å². The van der Waals surface area contributed by atoms with Crippen molar-refractivity contribution < 1.29 is 0 Å². The van der Waals surface area contributed by atoms with Crippen LogP contribution in [0.5, 0.6) is 0 Å². The van der Waals surface area contributed by atoms with Crippen molar-refractivity contribution in [3.05, 3.63) is 63.4 Å². The van der Waals surface area contributed by atoms with Crippen molar-refractivity contribution in [2.24, 2.45) is 0 Å². The van der Waals surface area contributed by atoms with E-state index in [-0.39, 0.29) is 0 Å². The molecule has 0 spiro atoms. The Labute approximate surface area is 128 Å². The van der Waals surface area contributed by atoms with E-state index >= 15 is 0 Å². The summed E-state index contributed by atoms with van der Waals surface area (Å²) in [5.74, 6) is 0. The Hall–Kier alpha value is -1.19. The molecule has 1 heterocycles. The number of rotatable bonds is 3. The summed E-state index contributed by atoms with van der Waals surface area (Å²) >= 11 is 3.55. The second kappa shape index (κ2) is 6.06. The first kappa shape index (κ1) is 13.8. The summed E-state index contributed by atoms with van der Waals surface area (Å²) in [6.45, 7) is 3.06. The van der Waals surface area contributed by atoms with E-state index in [4.69, 9.17) is 0 Å². The normalized spacial score (nSPS) is 17.8. The Kier molecular flexibility index (Phi) is 4.18. The summed E-state index contributed by atoms with van der Waals surface area (Å²) < 4.78 is 1.19. The fraction of sp³-hybridized carbons (Fsp3) is 0.353. The fourth-order valence-corrected chi connectivity index (χ4v) is 3.24. The Morgan fingerprint density at radius 1 is 1.30 bits per heavy atom. The summed E-state index contributed by atoms with van der Waals surface area (Å²) in [7, 11) is 0. The predicted octanol–water partition coefficient (Wildman–Crippen LogP) is 3.80. The molecular weight excluding hydrogens is 312 g/mol. The van der Waals surface area contributed by atoms with Gasteiger partial charge in [0.15, 0.2) is 0 Å². The fourth-order valence-electron chi connectivity index (χ4n) is 2.83. The van der Waals surface area contributed by atoms with E-state index in [1.54, 1.807) is 0 Å². The molecule has 0 bridgehead atoms. The van der Waals surface area contributed by atoms with Crippen LogP contribution in [0.1, 0.15) is 28.7 Å². The maximum atomic E-state index is 4.21. The minimum atomic E-state index is 0.572. The van der Waals surface area contributed by atoms with Crippen LogP contribution >= 0.6 is 15.9 Å². The summed E-state index contributed by atoms with van der Waals surface area (Å²) in [6.07, 6.45) is 7.33. The molecule has 1 unspecified atom stereocenters. The second-order valence-corrected chi connectivity index (χ2v) is 6.45. The van der Waals surface area contributed by atoms with Crippen molar-refractivity contribution in [1.82, 2.24) is 10.3 Å². The molecule has 1 aromatic heterocycles. The van der Waals surface area contributed by atoms with Gasteiger partial charge in [-0.1, -0.05) is 22.0 Å². The molecule has 0 radical (unpaired) electrons. The van der Waals surface area contributed by atoms with E-state index in [2.05, 4.69) is 57.4 Å². The molecule has 2 nitrogen and oxygen atoms in total. The van der Waals surface area contributed by atoms with Gasteiger partial charge in [-0.2, -0.15) is 0 Å². The maximum Gasteiger partial charge on any atom is 0.0315 e. The number of benzene rings is 1. The highest BCUT2D eigenvalue weighted by Crippen LogP contribution is 2.25. The quantitative estimate of drug-likeness (QED) is 0.925. The molecule has 20 heavy (non-hydrogen) atoms. The topological polar surface area (TPSA) is 24.9 Å². The third-order valence-corrected chi connectivity index (χ3v) is 4.62. The maximum absolute atomic E-state index is 4.21. The third kappa shape index (κ3) is 3.10. The average molecular weight is 331 g/mol. The van der Waals surface area contributed by atoms with Gasteiger partial charge in [0.05, 0.1) is 0 Å². The highest BCUT2D eigenvalue weighted by Gasteiger charge is 2.18. The van der Waals surface area contributed by atoms with E-state index < -0.39 is 0 Å². The Morgan fingerprint density at radius 3 is 3.05 bits per heavy atom. The first-order chi connectivity index (χ1) is 9.72. The number of fused-ring (bicyclic) bond motifs is 1. The molecule has 0 fully saturated rings. The van der Waals surface area contributed by atoms with Crippen molar-refractivity contribution in [1.29, 1.82) is 0 Å². The lowest BCUT2D eigenvalue weighted by Gasteiger charge is -2.26. The van der Waals surface area contributed by atoms with Crippen LogP contribution in [0.2, 0.25) is 0 Å². The Morgan fingerprint density at radius 2 is 2.20 bits per heavy atom. The molecule has 1 aromatic carbocycles. The van der Waals surface area contributed by atoms with Crippen LogP contribution in [0.15, 0.2) is 41.1 Å². The number of hydrogen-bond acceptors (Lipinski definition) is 2. The number of nitrogens with one attached hydrogen (secondary N) is 1. The first-order valence-corrected chi connectivity index (χ1v) is 7.92. The van der Waals surface area contributed by atoms with E-state index in [0.29, 0.717) is 6.04 Å². The van der Waals surface area contributed by atoms with E-state index in [1.165, 1.54) is 39.6 Å². The summed E-state index contributed by atoms with van der Waals surface area (Å²) in [4.78, 5) is 4.21. The molecule has 2 aromatic rings. The van der Waals surface area contributed by atoms with E-state index in [9.17, 15) is 0 Å². The first-order valence-electron chi connectivity index (χ1n) is 7.12. The molecule has 3 rings (SSSR count). The Bertz CT molecular complexity index is 610. The van der Waals surface area contributed by atoms with Crippen LogP contribution in [0.25, 0.3) is 0 Å². The second-order valence-electron chi connectivity index (χ2n) is 5.54. The number of pyridine rings is 1. The monoisotopic (exact) mass is 330 g/mol. The number of aryl methyl sites for hydroxylation is 2. The van der Waals surface area contributed by atoms with Gasteiger partial charge in [-0.05, 0) is 66.6 Å². The molecule has 1 atom stereocenters. The zero-order chi connectivity index (χ0) is 13.9. The van der Waals surface area contributed by atoms with Gasteiger partial charge in [0.25, 0.3) is 0 Å². The van der Waals surface area contributed by atoms with Gasteiger partial charge in [-0.25, -0.2) is 0 Å². The standard InChI is InChI=1S/C17H19BrN2/c1-12-6-7-19-10-15(12)11-20-17-5-3-13-8-16(18)4-2-14(13)9-17/h2,4,6-8,10,17,20H,3,5,9,11H2,1H3. The summed E-state index contributed by atoms with van der Waals surface area (Å²) in [5, 5.41) is 3.68. The predicted molar refractivity (Wildman–Crippen MR) is 85.8 cm³/mol. The van der Waals surface area contributed by atoms with E-state index in [0.717, 1.165) is 13.0 Å². The molecule has 0 aliphatic heterocycles. The van der Waals surface area contributed by atoms with Crippen molar-refractivity contribution in [3.63, 3.8) is 0 Å². The van der Waals surface area contributed by atoms with Crippen LogP contribution in [0.3, 0.4) is 0 Å². The summed E-state index contributed by atoms with van der Waals surface area (Å²) in [5.41, 5.74) is 5.59. The third-order valence-electron chi connectivity index (χ3n) is 4.13. The Balaban J connectivity index is 1.63. The number of halogens is 1. The van der Waals surface area contributed by atoms with Crippen molar-refractivity contribution in [2.75, 3.05) is 0 Å². The highest BCUT2D eigenvalue weighted by atomic mass is 79.9. The molecule has 3 heteroatoms. The molecular formula is C17H19BrN2. The smallest absolute Gasteiger partial charge is 0.0315 e. The van der Waals surface area contributed by atoms with Crippen molar-refractivity contribution in [3.8, 4) is 0 Å². The van der Waals surface area contributed by atoms with Gasteiger partial charge in [0.1, 0.15) is 0 Å². The number of hydrogen-bond donors (Lipinski definition) is 1. The van der Waals surface area contributed by atoms with Gasteiger partial charge in [0.2, 0.25) is 0 Å². The van der Waals surface area contributed by atoms with Crippen molar-refractivity contribution in [2.45, 2.75) is 38.8 Å². The van der Waals surface area contributed by atoms with Gasteiger partial charge in [-0.3, -0.25) is 4.98 Å². The molecule has 0 saturated carbocycles. The van der Waals surface area contributed by atoms with Gasteiger partial charge in [-0.15, -0.1) is 0 Å². The molecule has 1 N–H and O–H groups in total. The highest BCUT2D eigenvalue weighted by molar-refractivity contribution is 9.10. The largest absolute Gasteiger partial charge is 0.310 e. The van der Waals surface area contributed by atoms with Crippen LogP contribution in [0.4, 0.5) is 0 Å². The van der Waals surface area contributed by atoms with Crippen molar-refractivity contribution >= 4 is 15.9 Å². The SMILES string of the molecule is Cc1ccncc1CNC1CCc2cc(Br)ccc2C1. The lowest BCUT2D eigenvalue weighted by atomic mass is 9.88. The number of aromatic nitrogens is 1. The van der Waals surface area contributed by atoms with Gasteiger partial charge < -0.3 is 5.32 Å². The molecule has 0 saturated heterocycles. The summed E-state index contributed by atoms with van der Waals surface area (Å²) in [6, 6.07) is 9.31. The zero-order valence-electron chi connectivity index (χ0n) is 11.7. The molecule has 1 aliphatic carbocycles. The number of nitrogens with zero attached hydrogens (tertiary/aromatic N) is 1. The van der Waals surface area contributed by atoms with Crippen LogP contribution in [-0.4, -0.2) is 11.0 Å². The minimum absolute atomic E-state index is 0.572. The molecule has 0 amide bonds. The van der Waals surface area contributed by atoms with Gasteiger partial charge >= 0.3 is 0 Å².